The number of hydrogen-bond donors (Lipinski definition) is 0. The van der Waals surface area contributed by atoms with Crippen LogP contribution in [0.3, 0.4) is 0 Å². The molecule has 20 heavy (non-hydrogen) atoms. The summed E-state index contributed by atoms with van der Waals surface area (Å²) in [6.07, 6.45) is 0. The minimum absolute atomic E-state index is 0.0828. The van der Waals surface area contributed by atoms with Crippen LogP contribution in [0.15, 0.2) is 59.6 Å². The Morgan fingerprint density at radius 2 is 1.50 bits per heavy atom. The highest BCUT2D eigenvalue weighted by Crippen LogP contribution is 2.37. The molecule has 0 aromatic heterocycles. The van der Waals surface area contributed by atoms with E-state index in [1.165, 1.54) is 0 Å². The zero-order valence-electron chi connectivity index (χ0n) is 12.0. The van der Waals surface area contributed by atoms with Crippen molar-refractivity contribution >= 4 is 22.9 Å². The molecule has 1 aliphatic heterocycles. The van der Waals surface area contributed by atoms with Crippen molar-refractivity contribution in [3.8, 4) is 0 Å². The number of para-hydroxylation sites is 3. The van der Waals surface area contributed by atoms with Gasteiger partial charge in [-0.25, -0.2) is 10.0 Å². The first-order valence-corrected chi connectivity index (χ1v) is 6.81. The summed E-state index contributed by atoms with van der Waals surface area (Å²) in [5, 5.41) is 1.98. The van der Waals surface area contributed by atoms with E-state index in [1.807, 2.05) is 41.4 Å². The fourth-order valence-corrected chi connectivity index (χ4v) is 2.11. The summed E-state index contributed by atoms with van der Waals surface area (Å²) < 4.78 is 0. The van der Waals surface area contributed by atoms with Crippen LogP contribution in [0.1, 0.15) is 20.8 Å². The quantitative estimate of drug-likeness (QED) is 0.749. The predicted molar refractivity (Wildman–Crippen MR) is 83.7 cm³/mol. The van der Waals surface area contributed by atoms with Gasteiger partial charge in [0.15, 0.2) is 5.84 Å². The maximum Gasteiger partial charge on any atom is 0.155 e. The normalized spacial score (nSPS) is 14.3. The van der Waals surface area contributed by atoms with Crippen molar-refractivity contribution in [2.75, 3.05) is 5.01 Å². The molecule has 3 rings (SSSR count). The van der Waals surface area contributed by atoms with Gasteiger partial charge in [-0.05, 0) is 24.3 Å². The summed E-state index contributed by atoms with van der Waals surface area (Å²) >= 11 is 0. The Morgan fingerprint density at radius 3 is 2.20 bits per heavy atom. The number of benzene rings is 2. The van der Waals surface area contributed by atoms with Crippen molar-refractivity contribution < 1.29 is 0 Å². The van der Waals surface area contributed by atoms with Gasteiger partial charge >= 0.3 is 0 Å². The van der Waals surface area contributed by atoms with E-state index in [4.69, 9.17) is 10.4 Å². The molecular formula is C17H18N3. The summed E-state index contributed by atoms with van der Waals surface area (Å²) in [6, 6.07) is 18.3. The number of rotatable bonds is 1. The molecule has 0 bridgehead atoms. The lowest BCUT2D eigenvalue weighted by atomic mass is 9.94. The van der Waals surface area contributed by atoms with Gasteiger partial charge in [0.1, 0.15) is 0 Å². The monoisotopic (exact) mass is 264 g/mol. The summed E-state index contributed by atoms with van der Waals surface area (Å²) in [4.78, 5) is 4.70. The summed E-state index contributed by atoms with van der Waals surface area (Å²) in [6.45, 7) is 6.39. The molecule has 0 atom stereocenters. The lowest BCUT2D eigenvalue weighted by Crippen LogP contribution is -2.41. The van der Waals surface area contributed by atoms with Crippen LogP contribution < -0.4 is 10.4 Å². The molecule has 0 spiro atoms. The molecule has 0 amide bonds. The van der Waals surface area contributed by atoms with E-state index in [-0.39, 0.29) is 5.41 Å². The number of anilines is 2. The van der Waals surface area contributed by atoms with E-state index in [0.29, 0.717) is 0 Å². The summed E-state index contributed by atoms with van der Waals surface area (Å²) in [7, 11) is 0. The van der Waals surface area contributed by atoms with Gasteiger partial charge in [-0.2, -0.15) is 5.43 Å². The van der Waals surface area contributed by atoms with Crippen LogP contribution in [0, 0.1) is 5.41 Å². The van der Waals surface area contributed by atoms with Crippen molar-refractivity contribution in [3.05, 3.63) is 54.6 Å². The Morgan fingerprint density at radius 1 is 0.850 bits per heavy atom. The fourth-order valence-electron chi connectivity index (χ4n) is 2.11. The third-order valence-electron chi connectivity index (χ3n) is 3.20. The molecule has 3 nitrogen and oxygen atoms in total. The van der Waals surface area contributed by atoms with Crippen LogP contribution in [0.25, 0.3) is 0 Å². The number of nitrogens with zero attached hydrogens (tertiary/aromatic N) is 3. The zero-order chi connectivity index (χ0) is 14.2. The Bertz CT molecular complexity index is 639. The van der Waals surface area contributed by atoms with Crippen LogP contribution >= 0.6 is 0 Å². The highest BCUT2D eigenvalue weighted by molar-refractivity contribution is 5.96. The van der Waals surface area contributed by atoms with Crippen LogP contribution in [0.4, 0.5) is 17.1 Å². The van der Waals surface area contributed by atoms with Gasteiger partial charge in [-0.15, -0.1) is 0 Å². The van der Waals surface area contributed by atoms with Crippen molar-refractivity contribution in [1.29, 1.82) is 0 Å². The van der Waals surface area contributed by atoms with Gasteiger partial charge in [0.25, 0.3) is 0 Å². The maximum atomic E-state index is 4.75. The zero-order valence-corrected chi connectivity index (χ0v) is 12.0. The average molecular weight is 264 g/mol. The Labute approximate surface area is 119 Å². The fraction of sp³-hybridized carbons (Fsp3) is 0.235. The summed E-state index contributed by atoms with van der Waals surface area (Å²) in [5.41, 5.74) is 7.71. The van der Waals surface area contributed by atoms with Crippen molar-refractivity contribution in [2.24, 2.45) is 10.4 Å². The third kappa shape index (κ3) is 2.27. The topological polar surface area (TPSA) is 29.7 Å². The first-order valence-electron chi connectivity index (χ1n) is 6.81. The molecule has 0 aliphatic carbocycles. The van der Waals surface area contributed by atoms with E-state index < -0.39 is 0 Å². The molecule has 1 aliphatic rings. The van der Waals surface area contributed by atoms with E-state index in [1.54, 1.807) is 0 Å². The molecule has 2 aromatic carbocycles. The van der Waals surface area contributed by atoms with Crippen molar-refractivity contribution in [2.45, 2.75) is 20.8 Å². The van der Waals surface area contributed by atoms with Gasteiger partial charge in [-0.1, -0.05) is 51.1 Å². The highest BCUT2D eigenvalue weighted by Gasteiger charge is 2.29. The second-order valence-corrected chi connectivity index (χ2v) is 5.92. The molecule has 101 valence electrons. The molecule has 2 aromatic rings. The first kappa shape index (κ1) is 12.7. The molecule has 1 radical (unpaired) electrons. The second-order valence-electron chi connectivity index (χ2n) is 5.92. The van der Waals surface area contributed by atoms with Gasteiger partial charge < -0.3 is 0 Å². The molecule has 0 N–H and O–H groups in total. The maximum absolute atomic E-state index is 4.75. The standard InChI is InChI=1S/C17H18N3/c1-17(2,3)16-18-14-11-7-8-12-15(14)20(19-16)13-9-5-4-6-10-13/h4-12H,1-3H3. The molecule has 3 heteroatoms. The first-order chi connectivity index (χ1) is 9.55. The average Bonchev–Trinajstić information content (AvgIpc) is 2.46. The largest absolute Gasteiger partial charge is 0.230 e. The number of hydrogen-bond acceptors (Lipinski definition) is 2. The Balaban J connectivity index is 2.11. The summed E-state index contributed by atoms with van der Waals surface area (Å²) in [5.74, 6) is 0.847. The number of amidine groups is 1. The molecule has 0 fully saturated rings. The predicted octanol–water partition coefficient (Wildman–Crippen LogP) is 4.43. The Kier molecular flexibility index (Phi) is 2.97. The lowest BCUT2D eigenvalue weighted by Gasteiger charge is -2.33. The minimum atomic E-state index is -0.0828. The van der Waals surface area contributed by atoms with Gasteiger partial charge in [0.2, 0.25) is 0 Å². The number of fused-ring (bicyclic) bond motifs is 1. The Hall–Kier alpha value is -2.29. The number of aliphatic imine (C=N–C) groups is 1. The van der Waals surface area contributed by atoms with Crippen LogP contribution in [0.2, 0.25) is 0 Å². The SMILES string of the molecule is CC(C)(C)C1=Nc2ccccc2N(c2ccccc2)[N]1. The molecule has 0 unspecified atom stereocenters. The molecule has 0 saturated heterocycles. The van der Waals surface area contributed by atoms with Crippen molar-refractivity contribution in [3.63, 3.8) is 0 Å². The van der Waals surface area contributed by atoms with E-state index >= 15 is 0 Å². The highest BCUT2D eigenvalue weighted by atomic mass is 15.5. The van der Waals surface area contributed by atoms with E-state index in [2.05, 4.69) is 39.0 Å². The molecular weight excluding hydrogens is 246 g/mol. The third-order valence-corrected chi connectivity index (χ3v) is 3.20. The molecule has 0 saturated carbocycles. The van der Waals surface area contributed by atoms with E-state index in [9.17, 15) is 0 Å². The van der Waals surface area contributed by atoms with E-state index in [0.717, 1.165) is 22.9 Å². The van der Waals surface area contributed by atoms with Crippen LogP contribution in [-0.4, -0.2) is 5.84 Å². The van der Waals surface area contributed by atoms with Gasteiger partial charge in [-0.3, -0.25) is 0 Å². The lowest BCUT2D eigenvalue weighted by molar-refractivity contribution is 0.560. The van der Waals surface area contributed by atoms with Crippen LogP contribution in [0.5, 0.6) is 0 Å². The van der Waals surface area contributed by atoms with Gasteiger partial charge in [0.05, 0.1) is 17.1 Å². The smallest absolute Gasteiger partial charge is 0.155 e. The van der Waals surface area contributed by atoms with Crippen LogP contribution in [-0.2, 0) is 0 Å². The second kappa shape index (κ2) is 4.67. The minimum Gasteiger partial charge on any atom is -0.230 e. The van der Waals surface area contributed by atoms with Crippen molar-refractivity contribution in [1.82, 2.24) is 5.43 Å². The molecule has 1 heterocycles. The van der Waals surface area contributed by atoms with Gasteiger partial charge in [0, 0.05) is 5.41 Å².